The number of pyridine rings is 1. The highest BCUT2D eigenvalue weighted by Crippen LogP contribution is 2.27. The summed E-state index contributed by atoms with van der Waals surface area (Å²) >= 11 is 3.48. The molecule has 0 unspecified atom stereocenters. The molecule has 0 bridgehead atoms. The number of ketones is 1. The first-order valence-electron chi connectivity index (χ1n) is 11.9. The summed E-state index contributed by atoms with van der Waals surface area (Å²) in [5, 5.41) is 3.45. The maximum atomic E-state index is 12.9. The highest BCUT2D eigenvalue weighted by atomic mass is 79.9. The highest BCUT2D eigenvalue weighted by molar-refractivity contribution is 9.10. The van der Waals surface area contributed by atoms with Gasteiger partial charge in [-0.3, -0.25) is 9.78 Å². The first-order chi connectivity index (χ1) is 18.0. The van der Waals surface area contributed by atoms with E-state index in [1.807, 2.05) is 84.7 Å². The fraction of sp³-hybridized carbons (Fsp3) is 0.172. The fourth-order valence-electron chi connectivity index (χ4n) is 4.34. The molecule has 0 radical (unpaired) electrons. The average molecular weight is 556 g/mol. The lowest BCUT2D eigenvalue weighted by Crippen LogP contribution is -2.08. The molecule has 0 saturated carbocycles. The molecular formula is C29H26BrN5O2. The van der Waals surface area contributed by atoms with Gasteiger partial charge in [-0.1, -0.05) is 40.2 Å². The second-order valence-electron chi connectivity index (χ2n) is 8.82. The Morgan fingerprint density at radius 2 is 1.89 bits per heavy atom. The predicted octanol–water partition coefficient (Wildman–Crippen LogP) is 5.77. The Balaban J connectivity index is 1.39. The van der Waals surface area contributed by atoms with Gasteiger partial charge >= 0.3 is 0 Å². The molecule has 0 aliphatic rings. The van der Waals surface area contributed by atoms with E-state index in [-0.39, 0.29) is 5.78 Å². The molecule has 0 spiro atoms. The number of hydrogen-bond donors (Lipinski definition) is 1. The Hall–Kier alpha value is -4.04. The van der Waals surface area contributed by atoms with E-state index in [0.717, 1.165) is 43.6 Å². The predicted molar refractivity (Wildman–Crippen MR) is 149 cm³/mol. The SMILES string of the molecule is COc1ccc(Br)cc1CC(=O)Cc1cccc(-c2nc(NCc3cccnc3)c3c(ccn3C)n2)c1. The van der Waals surface area contributed by atoms with Crippen molar-refractivity contribution in [3.05, 3.63) is 100 Å². The second-order valence-corrected chi connectivity index (χ2v) is 9.74. The van der Waals surface area contributed by atoms with Crippen LogP contribution in [0.4, 0.5) is 5.82 Å². The zero-order valence-electron chi connectivity index (χ0n) is 20.6. The number of ether oxygens (including phenoxy) is 1. The van der Waals surface area contributed by atoms with Gasteiger partial charge in [-0.25, -0.2) is 9.97 Å². The van der Waals surface area contributed by atoms with Gasteiger partial charge in [0.1, 0.15) is 17.0 Å². The third-order valence-electron chi connectivity index (χ3n) is 6.12. The van der Waals surface area contributed by atoms with Gasteiger partial charge in [0, 0.05) is 60.6 Å². The number of carbonyl (C=O) groups is 1. The number of hydrogen-bond acceptors (Lipinski definition) is 6. The summed E-state index contributed by atoms with van der Waals surface area (Å²) < 4.78 is 8.35. The molecule has 8 heteroatoms. The lowest BCUT2D eigenvalue weighted by atomic mass is 10.0. The molecule has 0 fully saturated rings. The molecule has 0 saturated heterocycles. The van der Waals surface area contributed by atoms with E-state index in [2.05, 4.69) is 26.2 Å². The molecule has 2 aromatic carbocycles. The van der Waals surface area contributed by atoms with E-state index in [9.17, 15) is 4.79 Å². The van der Waals surface area contributed by atoms with Crippen LogP contribution < -0.4 is 10.1 Å². The minimum atomic E-state index is 0.104. The number of methoxy groups -OCH3 is 1. The number of aryl methyl sites for hydroxylation is 1. The molecule has 3 heterocycles. The quantitative estimate of drug-likeness (QED) is 0.248. The maximum Gasteiger partial charge on any atom is 0.162 e. The zero-order chi connectivity index (χ0) is 25.8. The van der Waals surface area contributed by atoms with Crippen molar-refractivity contribution < 1.29 is 9.53 Å². The normalized spacial score (nSPS) is 11.0. The molecule has 7 nitrogen and oxygen atoms in total. The Morgan fingerprint density at radius 3 is 2.70 bits per heavy atom. The van der Waals surface area contributed by atoms with E-state index in [0.29, 0.717) is 31.0 Å². The summed E-state index contributed by atoms with van der Waals surface area (Å²) in [5.74, 6) is 2.17. The molecule has 3 aromatic heterocycles. The number of halogens is 1. The van der Waals surface area contributed by atoms with Crippen LogP contribution >= 0.6 is 15.9 Å². The van der Waals surface area contributed by atoms with Crippen LogP contribution in [-0.2, 0) is 31.2 Å². The number of aromatic nitrogens is 4. The number of anilines is 1. The van der Waals surface area contributed by atoms with Gasteiger partial charge in [0.25, 0.3) is 0 Å². The number of nitrogens with zero attached hydrogens (tertiary/aromatic N) is 4. The van der Waals surface area contributed by atoms with Gasteiger partial charge in [0.15, 0.2) is 11.6 Å². The van der Waals surface area contributed by atoms with Crippen LogP contribution in [0.3, 0.4) is 0 Å². The number of fused-ring (bicyclic) bond motifs is 1. The first kappa shape index (κ1) is 24.6. The molecule has 37 heavy (non-hydrogen) atoms. The summed E-state index contributed by atoms with van der Waals surface area (Å²) in [6.07, 6.45) is 6.17. The minimum Gasteiger partial charge on any atom is -0.496 e. The largest absolute Gasteiger partial charge is 0.496 e. The van der Waals surface area contributed by atoms with Gasteiger partial charge in [-0.05, 0) is 47.5 Å². The lowest BCUT2D eigenvalue weighted by molar-refractivity contribution is -0.117. The van der Waals surface area contributed by atoms with Gasteiger partial charge in [-0.2, -0.15) is 0 Å². The molecule has 0 aliphatic carbocycles. The van der Waals surface area contributed by atoms with E-state index in [4.69, 9.17) is 14.7 Å². The Kier molecular flexibility index (Phi) is 7.28. The number of Topliss-reactive ketones (excluding diaryl/α,β-unsaturated/α-hetero) is 1. The number of benzene rings is 2. The average Bonchev–Trinajstić information content (AvgIpc) is 3.29. The van der Waals surface area contributed by atoms with Crippen molar-refractivity contribution in [2.24, 2.45) is 7.05 Å². The third-order valence-corrected chi connectivity index (χ3v) is 6.61. The van der Waals surface area contributed by atoms with E-state index >= 15 is 0 Å². The summed E-state index contributed by atoms with van der Waals surface area (Å²) in [4.78, 5) is 26.8. The van der Waals surface area contributed by atoms with Gasteiger partial charge < -0.3 is 14.6 Å². The van der Waals surface area contributed by atoms with Crippen molar-refractivity contribution in [2.45, 2.75) is 19.4 Å². The van der Waals surface area contributed by atoms with Crippen molar-refractivity contribution >= 4 is 38.6 Å². The molecule has 0 amide bonds. The van der Waals surface area contributed by atoms with Crippen molar-refractivity contribution in [2.75, 3.05) is 12.4 Å². The second kappa shape index (κ2) is 10.9. The third kappa shape index (κ3) is 5.70. The van der Waals surface area contributed by atoms with E-state index in [1.54, 1.807) is 13.3 Å². The molecule has 5 rings (SSSR count). The molecule has 0 aliphatic heterocycles. The van der Waals surface area contributed by atoms with Gasteiger partial charge in [0.2, 0.25) is 0 Å². The molecule has 5 aromatic rings. The van der Waals surface area contributed by atoms with Crippen LogP contribution in [0.5, 0.6) is 5.75 Å². The smallest absolute Gasteiger partial charge is 0.162 e. The Morgan fingerprint density at radius 1 is 1.03 bits per heavy atom. The van der Waals surface area contributed by atoms with Crippen LogP contribution in [-0.4, -0.2) is 32.4 Å². The van der Waals surface area contributed by atoms with Crippen LogP contribution in [0.1, 0.15) is 16.7 Å². The Bertz CT molecular complexity index is 1570. The van der Waals surface area contributed by atoms with Crippen LogP contribution in [0.2, 0.25) is 0 Å². The Labute approximate surface area is 223 Å². The van der Waals surface area contributed by atoms with Crippen LogP contribution in [0.25, 0.3) is 22.4 Å². The molecule has 0 atom stereocenters. The van der Waals surface area contributed by atoms with Crippen molar-refractivity contribution in [1.82, 2.24) is 19.5 Å². The fourth-order valence-corrected chi connectivity index (χ4v) is 4.75. The number of nitrogens with one attached hydrogen (secondary N) is 1. The topological polar surface area (TPSA) is 81.9 Å². The first-order valence-corrected chi connectivity index (χ1v) is 12.7. The summed E-state index contributed by atoms with van der Waals surface area (Å²) in [6.45, 7) is 0.595. The van der Waals surface area contributed by atoms with E-state index < -0.39 is 0 Å². The van der Waals surface area contributed by atoms with Crippen LogP contribution in [0.15, 0.2) is 83.7 Å². The van der Waals surface area contributed by atoms with E-state index in [1.165, 1.54) is 0 Å². The van der Waals surface area contributed by atoms with Gasteiger partial charge in [0.05, 0.1) is 12.6 Å². The molecule has 186 valence electrons. The van der Waals surface area contributed by atoms with Crippen LogP contribution in [0, 0.1) is 0 Å². The van der Waals surface area contributed by atoms with Crippen molar-refractivity contribution in [3.8, 4) is 17.1 Å². The molecule has 1 N–H and O–H groups in total. The highest BCUT2D eigenvalue weighted by Gasteiger charge is 2.14. The van der Waals surface area contributed by atoms with Crippen molar-refractivity contribution in [1.29, 1.82) is 0 Å². The standard InChI is InChI=1S/C29H26BrN5O2/c1-35-12-10-25-27(35)29(32-18-20-6-4-11-31-17-20)34-28(33-25)21-7-3-5-19(13-21)14-24(36)16-22-15-23(30)8-9-26(22)37-2/h3-13,15,17H,14,16,18H2,1-2H3,(H,32,33,34). The lowest BCUT2D eigenvalue weighted by Gasteiger charge is -2.11. The summed E-state index contributed by atoms with van der Waals surface area (Å²) in [5.41, 5.74) is 5.48. The number of rotatable bonds is 9. The summed E-state index contributed by atoms with van der Waals surface area (Å²) in [7, 11) is 3.59. The monoisotopic (exact) mass is 555 g/mol. The van der Waals surface area contributed by atoms with Gasteiger partial charge in [-0.15, -0.1) is 0 Å². The van der Waals surface area contributed by atoms with Crippen molar-refractivity contribution in [3.63, 3.8) is 0 Å². The summed E-state index contributed by atoms with van der Waals surface area (Å²) in [6, 6.07) is 19.5. The maximum absolute atomic E-state index is 12.9. The number of carbonyl (C=O) groups excluding carboxylic acids is 1. The molecular weight excluding hydrogens is 530 g/mol. The zero-order valence-corrected chi connectivity index (χ0v) is 22.2. The minimum absolute atomic E-state index is 0.104.